The topological polar surface area (TPSA) is 70.7 Å². The molecule has 1 aromatic heterocycles. The molecule has 0 atom stereocenters. The molecular weight excluding hydrogens is 232 g/mol. The molecule has 0 radical (unpaired) electrons. The van der Waals surface area contributed by atoms with E-state index in [1.165, 1.54) is 18.2 Å². The number of allylic oxidation sites excluding steroid dienone is 1. The van der Waals surface area contributed by atoms with E-state index in [-0.39, 0.29) is 23.9 Å². The first kappa shape index (κ1) is 12.1. The smallest absolute Gasteiger partial charge is 0.221 e. The van der Waals surface area contributed by atoms with E-state index in [4.69, 9.17) is 9.52 Å². The zero-order valence-corrected chi connectivity index (χ0v) is 9.54. The zero-order chi connectivity index (χ0) is 13.0. The van der Waals surface area contributed by atoms with E-state index in [1.54, 1.807) is 30.3 Å². The maximum Gasteiger partial charge on any atom is 0.221 e. The van der Waals surface area contributed by atoms with Crippen LogP contribution in [0.1, 0.15) is 21.9 Å². The third-order valence-electron chi connectivity index (χ3n) is 2.41. The number of phenols is 1. The Balaban J connectivity index is 2.14. The molecule has 0 aliphatic heterocycles. The summed E-state index contributed by atoms with van der Waals surface area (Å²) in [5.74, 6) is 0.287. The van der Waals surface area contributed by atoms with Gasteiger partial charge in [-0.25, -0.2) is 0 Å². The van der Waals surface area contributed by atoms with E-state index in [9.17, 15) is 9.90 Å². The molecule has 0 unspecified atom stereocenters. The van der Waals surface area contributed by atoms with Crippen LogP contribution in [0.15, 0.2) is 46.9 Å². The number of carbonyl (C=O) groups excluding carboxylic acids is 1. The number of aromatic hydroxyl groups is 1. The van der Waals surface area contributed by atoms with Crippen molar-refractivity contribution in [3.63, 3.8) is 0 Å². The standard InChI is InChI=1S/C14H12O4/c15-9-11-6-8-14(18-11)13(17)7-5-10-3-1-2-4-12(10)16/h1-8,15-16H,9H2/b7-5+. The van der Waals surface area contributed by atoms with E-state index in [0.29, 0.717) is 11.3 Å². The van der Waals surface area contributed by atoms with Crippen LogP contribution >= 0.6 is 0 Å². The van der Waals surface area contributed by atoms with Crippen molar-refractivity contribution in [2.24, 2.45) is 0 Å². The minimum atomic E-state index is -0.321. The van der Waals surface area contributed by atoms with E-state index < -0.39 is 0 Å². The maximum absolute atomic E-state index is 11.7. The molecule has 0 saturated carbocycles. The van der Waals surface area contributed by atoms with Crippen LogP contribution in [0, 0.1) is 0 Å². The second kappa shape index (κ2) is 5.33. The summed E-state index contributed by atoms with van der Waals surface area (Å²) < 4.78 is 5.10. The summed E-state index contributed by atoms with van der Waals surface area (Å²) in [5, 5.41) is 18.3. The normalized spacial score (nSPS) is 10.9. The summed E-state index contributed by atoms with van der Waals surface area (Å²) in [6, 6.07) is 9.75. The molecule has 1 aromatic carbocycles. The molecule has 18 heavy (non-hydrogen) atoms. The monoisotopic (exact) mass is 244 g/mol. The maximum atomic E-state index is 11.7. The number of aliphatic hydroxyl groups excluding tert-OH is 1. The van der Waals surface area contributed by atoms with Gasteiger partial charge in [-0.05, 0) is 30.4 Å². The molecule has 0 bridgehead atoms. The molecule has 4 heteroatoms. The SMILES string of the molecule is O=C(/C=C/c1ccccc1O)c1ccc(CO)o1. The Bertz CT molecular complexity index is 581. The Morgan fingerprint density at radius 1 is 1.22 bits per heavy atom. The minimum absolute atomic E-state index is 0.108. The lowest BCUT2D eigenvalue weighted by molar-refractivity contribution is 0.101. The van der Waals surface area contributed by atoms with Gasteiger partial charge in [0, 0.05) is 5.56 Å². The van der Waals surface area contributed by atoms with Crippen LogP contribution in [0.3, 0.4) is 0 Å². The lowest BCUT2D eigenvalue weighted by Gasteiger charge is -1.96. The van der Waals surface area contributed by atoms with Crippen LogP contribution in [0.5, 0.6) is 5.75 Å². The molecule has 0 spiro atoms. The number of furan rings is 1. The Morgan fingerprint density at radius 3 is 2.67 bits per heavy atom. The van der Waals surface area contributed by atoms with Crippen molar-refractivity contribution >= 4 is 11.9 Å². The number of para-hydroxylation sites is 1. The van der Waals surface area contributed by atoms with Crippen LogP contribution in [0.25, 0.3) is 6.08 Å². The number of aliphatic hydroxyl groups is 1. The van der Waals surface area contributed by atoms with E-state index >= 15 is 0 Å². The number of phenolic OH excluding ortho intramolecular Hbond substituents is 1. The van der Waals surface area contributed by atoms with Gasteiger partial charge in [0.25, 0.3) is 0 Å². The molecule has 0 amide bonds. The fourth-order valence-electron chi connectivity index (χ4n) is 1.47. The van der Waals surface area contributed by atoms with Crippen molar-refractivity contribution in [3.8, 4) is 5.75 Å². The Kier molecular flexibility index (Phi) is 3.60. The van der Waals surface area contributed by atoms with Crippen LogP contribution in [-0.4, -0.2) is 16.0 Å². The fourth-order valence-corrected chi connectivity index (χ4v) is 1.47. The first-order valence-corrected chi connectivity index (χ1v) is 5.40. The number of rotatable bonds is 4. The molecule has 4 nitrogen and oxygen atoms in total. The molecule has 0 fully saturated rings. The largest absolute Gasteiger partial charge is 0.507 e. The average molecular weight is 244 g/mol. The van der Waals surface area contributed by atoms with Gasteiger partial charge in [-0.2, -0.15) is 0 Å². The number of hydrogen-bond acceptors (Lipinski definition) is 4. The Labute approximate surface area is 104 Å². The summed E-state index contributed by atoms with van der Waals surface area (Å²) in [7, 11) is 0. The second-order valence-corrected chi connectivity index (χ2v) is 3.68. The van der Waals surface area contributed by atoms with Crippen molar-refractivity contribution in [1.82, 2.24) is 0 Å². The second-order valence-electron chi connectivity index (χ2n) is 3.68. The summed E-state index contributed by atoms with van der Waals surface area (Å²) >= 11 is 0. The average Bonchev–Trinajstić information content (AvgIpc) is 2.86. The van der Waals surface area contributed by atoms with Crippen molar-refractivity contribution < 1.29 is 19.4 Å². The zero-order valence-electron chi connectivity index (χ0n) is 9.54. The van der Waals surface area contributed by atoms with Gasteiger partial charge in [0.2, 0.25) is 5.78 Å². The lowest BCUT2D eigenvalue weighted by atomic mass is 10.1. The van der Waals surface area contributed by atoms with Crippen molar-refractivity contribution in [1.29, 1.82) is 0 Å². The predicted molar refractivity (Wildman–Crippen MR) is 66.1 cm³/mol. The van der Waals surface area contributed by atoms with Crippen LogP contribution in [0.4, 0.5) is 0 Å². The highest BCUT2D eigenvalue weighted by Crippen LogP contribution is 2.17. The van der Waals surface area contributed by atoms with Gasteiger partial charge in [0.05, 0.1) is 0 Å². The molecular formula is C14H12O4. The molecule has 0 aliphatic carbocycles. The van der Waals surface area contributed by atoms with Crippen molar-refractivity contribution in [2.75, 3.05) is 0 Å². The highest BCUT2D eigenvalue weighted by Gasteiger charge is 2.07. The van der Waals surface area contributed by atoms with Gasteiger partial charge in [0.15, 0.2) is 5.76 Å². The summed E-state index contributed by atoms with van der Waals surface area (Å²) in [6.45, 7) is -0.240. The molecule has 2 aromatic rings. The summed E-state index contributed by atoms with van der Waals surface area (Å²) in [6.07, 6.45) is 2.83. The van der Waals surface area contributed by atoms with Crippen molar-refractivity contribution in [2.45, 2.75) is 6.61 Å². The predicted octanol–water partition coefficient (Wildman–Crippen LogP) is 2.37. The van der Waals surface area contributed by atoms with Gasteiger partial charge < -0.3 is 14.6 Å². The van der Waals surface area contributed by atoms with E-state index in [0.717, 1.165) is 0 Å². The molecule has 0 aliphatic rings. The molecule has 2 N–H and O–H groups in total. The van der Waals surface area contributed by atoms with Gasteiger partial charge in [-0.1, -0.05) is 18.2 Å². The number of carbonyl (C=O) groups is 1. The molecule has 0 saturated heterocycles. The summed E-state index contributed by atoms with van der Waals surface area (Å²) in [4.78, 5) is 11.7. The highest BCUT2D eigenvalue weighted by molar-refractivity contribution is 6.05. The van der Waals surface area contributed by atoms with Gasteiger partial charge in [0.1, 0.15) is 18.1 Å². The number of benzene rings is 1. The quantitative estimate of drug-likeness (QED) is 0.639. The van der Waals surface area contributed by atoms with Gasteiger partial charge in [-0.15, -0.1) is 0 Å². The third kappa shape index (κ3) is 2.67. The summed E-state index contributed by atoms with van der Waals surface area (Å²) in [5.41, 5.74) is 0.555. The Morgan fingerprint density at radius 2 is 2.00 bits per heavy atom. The minimum Gasteiger partial charge on any atom is -0.507 e. The molecule has 92 valence electrons. The van der Waals surface area contributed by atoms with Crippen molar-refractivity contribution in [3.05, 3.63) is 59.6 Å². The van der Waals surface area contributed by atoms with Crippen LogP contribution in [0.2, 0.25) is 0 Å². The third-order valence-corrected chi connectivity index (χ3v) is 2.41. The molecule has 1 heterocycles. The Hall–Kier alpha value is -2.33. The molecule has 2 rings (SSSR count). The first-order chi connectivity index (χ1) is 8.70. The first-order valence-electron chi connectivity index (χ1n) is 5.40. The van der Waals surface area contributed by atoms with Crippen LogP contribution < -0.4 is 0 Å². The van der Waals surface area contributed by atoms with Gasteiger partial charge in [-0.3, -0.25) is 4.79 Å². The van der Waals surface area contributed by atoms with E-state index in [1.807, 2.05) is 0 Å². The van der Waals surface area contributed by atoms with Crippen LogP contribution in [-0.2, 0) is 6.61 Å². The van der Waals surface area contributed by atoms with E-state index in [2.05, 4.69) is 0 Å². The fraction of sp³-hybridized carbons (Fsp3) is 0.0714. The lowest BCUT2D eigenvalue weighted by Crippen LogP contribution is -1.90. The number of ketones is 1. The number of hydrogen-bond donors (Lipinski definition) is 2. The highest BCUT2D eigenvalue weighted by atomic mass is 16.4. The van der Waals surface area contributed by atoms with Gasteiger partial charge >= 0.3 is 0 Å².